The summed E-state index contributed by atoms with van der Waals surface area (Å²) < 4.78 is 5.59. The van der Waals surface area contributed by atoms with E-state index in [4.69, 9.17) is 4.74 Å². The van der Waals surface area contributed by atoms with E-state index < -0.39 is 11.2 Å². The molecule has 0 aromatic heterocycles. The van der Waals surface area contributed by atoms with Gasteiger partial charge in [0.05, 0.1) is 5.60 Å². The molecule has 4 nitrogen and oxygen atoms in total. The molecule has 2 saturated heterocycles. The van der Waals surface area contributed by atoms with Crippen molar-refractivity contribution in [3.63, 3.8) is 0 Å². The zero-order chi connectivity index (χ0) is 18.5. The second kappa shape index (κ2) is 5.98. The molecule has 1 N–H and O–H groups in total. The van der Waals surface area contributed by atoms with Gasteiger partial charge in [0, 0.05) is 24.9 Å². The van der Waals surface area contributed by atoms with Gasteiger partial charge in [-0.3, -0.25) is 0 Å². The van der Waals surface area contributed by atoms with Crippen molar-refractivity contribution in [2.45, 2.75) is 69.7 Å². The Labute approximate surface area is 154 Å². The van der Waals surface area contributed by atoms with Crippen molar-refractivity contribution >= 4 is 16.9 Å². The van der Waals surface area contributed by atoms with Gasteiger partial charge in [-0.05, 0) is 56.0 Å². The Morgan fingerprint density at radius 2 is 1.69 bits per heavy atom. The maximum Gasteiger partial charge on any atom is 0.410 e. The summed E-state index contributed by atoms with van der Waals surface area (Å²) in [5.74, 6) is 0. The zero-order valence-corrected chi connectivity index (χ0v) is 15.7. The molecule has 0 spiro atoms. The number of piperidine rings is 1. The quantitative estimate of drug-likeness (QED) is 0.816. The summed E-state index contributed by atoms with van der Waals surface area (Å²) in [6.45, 7) is 5.67. The minimum Gasteiger partial charge on any atom is -0.444 e. The number of carbonyl (C=O) groups excluding carboxylic acids is 1. The molecule has 2 aromatic rings. The van der Waals surface area contributed by atoms with Crippen molar-refractivity contribution < 1.29 is 14.6 Å². The van der Waals surface area contributed by atoms with E-state index in [1.165, 1.54) is 5.39 Å². The number of nitrogens with zero attached hydrogens (tertiary/aromatic N) is 1. The van der Waals surface area contributed by atoms with Crippen LogP contribution in [0.15, 0.2) is 42.5 Å². The Morgan fingerprint density at radius 3 is 2.31 bits per heavy atom. The number of amides is 1. The van der Waals surface area contributed by atoms with Gasteiger partial charge in [0.15, 0.2) is 0 Å². The topological polar surface area (TPSA) is 49.8 Å². The van der Waals surface area contributed by atoms with Crippen molar-refractivity contribution in [2.24, 2.45) is 0 Å². The van der Waals surface area contributed by atoms with Crippen LogP contribution in [0.5, 0.6) is 0 Å². The summed E-state index contributed by atoms with van der Waals surface area (Å²) >= 11 is 0. The zero-order valence-electron chi connectivity index (χ0n) is 15.7. The summed E-state index contributed by atoms with van der Waals surface area (Å²) in [6.07, 6.45) is 2.76. The fraction of sp³-hybridized carbons (Fsp3) is 0.500. The second-order valence-corrected chi connectivity index (χ2v) is 8.77. The van der Waals surface area contributed by atoms with E-state index in [1.54, 1.807) is 0 Å². The van der Waals surface area contributed by atoms with Gasteiger partial charge < -0.3 is 14.7 Å². The molecule has 2 aliphatic heterocycles. The molecule has 2 bridgehead atoms. The first-order valence-corrected chi connectivity index (χ1v) is 9.48. The Morgan fingerprint density at radius 1 is 1.08 bits per heavy atom. The first-order chi connectivity index (χ1) is 12.3. The number of hydrogen-bond acceptors (Lipinski definition) is 3. The summed E-state index contributed by atoms with van der Waals surface area (Å²) in [5, 5.41) is 13.8. The van der Waals surface area contributed by atoms with E-state index in [9.17, 15) is 9.90 Å². The van der Waals surface area contributed by atoms with Crippen LogP contribution in [-0.2, 0) is 10.3 Å². The van der Waals surface area contributed by atoms with Crippen LogP contribution in [0.4, 0.5) is 4.79 Å². The van der Waals surface area contributed by atoms with Crippen LogP contribution in [0.2, 0.25) is 0 Å². The lowest BCUT2D eigenvalue weighted by molar-refractivity contribution is -0.0623. The normalized spacial score (nSPS) is 28.4. The number of carbonyl (C=O) groups is 1. The van der Waals surface area contributed by atoms with Gasteiger partial charge in [0.2, 0.25) is 0 Å². The highest BCUT2D eigenvalue weighted by molar-refractivity contribution is 5.83. The van der Waals surface area contributed by atoms with E-state index in [-0.39, 0.29) is 18.2 Å². The molecule has 2 heterocycles. The molecule has 0 aliphatic carbocycles. The molecular formula is C22H27NO3. The molecule has 0 radical (unpaired) electrons. The van der Waals surface area contributed by atoms with Crippen molar-refractivity contribution in [1.82, 2.24) is 4.90 Å². The van der Waals surface area contributed by atoms with Crippen LogP contribution in [0.25, 0.3) is 10.8 Å². The predicted octanol–water partition coefficient (Wildman–Crippen LogP) is 4.59. The van der Waals surface area contributed by atoms with Crippen LogP contribution in [-0.4, -0.2) is 33.8 Å². The van der Waals surface area contributed by atoms with Crippen LogP contribution in [0, 0.1) is 0 Å². The number of ether oxygens (including phenoxy) is 1. The van der Waals surface area contributed by atoms with Crippen LogP contribution < -0.4 is 0 Å². The summed E-state index contributed by atoms with van der Waals surface area (Å²) in [4.78, 5) is 14.5. The third-order valence-electron chi connectivity index (χ3n) is 5.66. The summed E-state index contributed by atoms with van der Waals surface area (Å²) in [7, 11) is 0. The molecule has 26 heavy (non-hydrogen) atoms. The average molecular weight is 353 g/mol. The first kappa shape index (κ1) is 17.3. The number of hydrogen-bond donors (Lipinski definition) is 1. The smallest absolute Gasteiger partial charge is 0.410 e. The molecule has 4 heteroatoms. The van der Waals surface area contributed by atoms with E-state index in [1.807, 2.05) is 43.9 Å². The minimum atomic E-state index is -0.881. The highest BCUT2D eigenvalue weighted by Crippen LogP contribution is 2.46. The lowest BCUT2D eigenvalue weighted by Gasteiger charge is -2.44. The van der Waals surface area contributed by atoms with E-state index >= 15 is 0 Å². The van der Waals surface area contributed by atoms with E-state index in [2.05, 4.69) is 24.3 Å². The molecule has 1 amide bonds. The molecule has 2 aromatic carbocycles. The monoisotopic (exact) mass is 353 g/mol. The summed E-state index contributed by atoms with van der Waals surface area (Å²) in [5.41, 5.74) is -0.422. The van der Waals surface area contributed by atoms with Crippen LogP contribution >= 0.6 is 0 Å². The molecule has 2 aliphatic rings. The van der Waals surface area contributed by atoms with Crippen LogP contribution in [0.3, 0.4) is 0 Å². The Balaban J connectivity index is 1.59. The number of fused-ring (bicyclic) bond motifs is 3. The van der Waals surface area contributed by atoms with Gasteiger partial charge in [-0.15, -0.1) is 0 Å². The predicted molar refractivity (Wildman–Crippen MR) is 102 cm³/mol. The minimum absolute atomic E-state index is 0.0417. The lowest BCUT2D eigenvalue weighted by atomic mass is 9.80. The van der Waals surface area contributed by atoms with Crippen molar-refractivity contribution in [1.29, 1.82) is 0 Å². The highest BCUT2D eigenvalue weighted by Gasteiger charge is 2.51. The highest BCUT2D eigenvalue weighted by atomic mass is 16.6. The second-order valence-electron chi connectivity index (χ2n) is 8.77. The van der Waals surface area contributed by atoms with Crippen LogP contribution in [0.1, 0.15) is 52.0 Å². The molecule has 4 rings (SSSR count). The number of aliphatic hydroxyl groups is 1. The Hall–Kier alpha value is -2.07. The van der Waals surface area contributed by atoms with Gasteiger partial charge >= 0.3 is 6.09 Å². The maximum absolute atomic E-state index is 12.6. The molecule has 0 unspecified atom stereocenters. The van der Waals surface area contributed by atoms with Gasteiger partial charge in [0.1, 0.15) is 5.60 Å². The Bertz CT molecular complexity index is 825. The third-order valence-corrected chi connectivity index (χ3v) is 5.66. The first-order valence-electron chi connectivity index (χ1n) is 9.48. The van der Waals surface area contributed by atoms with E-state index in [0.717, 1.165) is 23.8 Å². The van der Waals surface area contributed by atoms with Gasteiger partial charge in [-0.25, -0.2) is 4.79 Å². The third kappa shape index (κ3) is 3.07. The van der Waals surface area contributed by atoms with Crippen molar-refractivity contribution in [3.8, 4) is 0 Å². The average Bonchev–Trinajstić information content (AvgIpc) is 2.85. The lowest BCUT2D eigenvalue weighted by Crippen LogP contribution is -2.53. The molecule has 2 atom stereocenters. The van der Waals surface area contributed by atoms with Crippen molar-refractivity contribution in [3.05, 3.63) is 48.0 Å². The fourth-order valence-corrected chi connectivity index (χ4v) is 4.55. The maximum atomic E-state index is 12.6. The van der Waals surface area contributed by atoms with Gasteiger partial charge in [-0.2, -0.15) is 0 Å². The molecule has 138 valence electrons. The van der Waals surface area contributed by atoms with Gasteiger partial charge in [-0.1, -0.05) is 36.4 Å². The molecular weight excluding hydrogens is 326 g/mol. The number of rotatable bonds is 1. The molecule has 0 saturated carbocycles. The van der Waals surface area contributed by atoms with Crippen molar-refractivity contribution in [2.75, 3.05) is 0 Å². The van der Waals surface area contributed by atoms with E-state index in [0.29, 0.717) is 12.8 Å². The Kier molecular flexibility index (Phi) is 3.99. The molecule has 2 fully saturated rings. The SMILES string of the molecule is CC(C)(C)OC(=O)N1[C@@H]2CC[C@@H]1CC(O)(c1ccc3ccccc3c1)C2. The van der Waals surface area contributed by atoms with Gasteiger partial charge in [0.25, 0.3) is 0 Å². The number of benzene rings is 2. The summed E-state index contributed by atoms with van der Waals surface area (Å²) in [6, 6.07) is 14.5. The standard InChI is InChI=1S/C22H27NO3/c1-21(2,3)26-20(24)23-18-10-11-19(23)14-22(25,13-18)17-9-8-15-6-4-5-7-16(15)12-17/h4-9,12,18-19,25H,10-11,13-14H2,1-3H3/t18-,19-/m1/s1. The largest absolute Gasteiger partial charge is 0.444 e. The fourth-order valence-electron chi connectivity index (χ4n) is 4.55.